The van der Waals surface area contributed by atoms with Gasteiger partial charge in [0, 0.05) is 11.1 Å². The topological polar surface area (TPSA) is 96.0 Å². The molecule has 0 bridgehead atoms. The van der Waals surface area contributed by atoms with Crippen molar-refractivity contribution in [2.24, 2.45) is 0 Å². The fourth-order valence-corrected chi connectivity index (χ4v) is 3.86. The average Bonchev–Trinajstić information content (AvgIpc) is 3.23. The number of halogens is 1. The van der Waals surface area contributed by atoms with Gasteiger partial charge >= 0.3 is 11.9 Å². The van der Waals surface area contributed by atoms with Gasteiger partial charge in [0.2, 0.25) is 17.2 Å². The van der Waals surface area contributed by atoms with Crippen LogP contribution < -0.4 is 0 Å². The van der Waals surface area contributed by atoms with Crippen LogP contribution in [-0.4, -0.2) is 43.3 Å². The molecule has 0 radical (unpaired) electrons. The summed E-state index contributed by atoms with van der Waals surface area (Å²) in [6.45, 7) is 0. The third-order valence-electron chi connectivity index (χ3n) is 5.20. The summed E-state index contributed by atoms with van der Waals surface area (Å²) in [6.07, 6.45) is -1.32. The van der Waals surface area contributed by atoms with E-state index in [0.29, 0.717) is 0 Å². The molecule has 2 aliphatic rings. The van der Waals surface area contributed by atoms with Gasteiger partial charge in [-0.2, -0.15) is 0 Å². The minimum atomic E-state index is -2.39. The fourth-order valence-electron chi connectivity index (χ4n) is 3.86. The molecule has 2 aromatic carbocycles. The molecule has 0 saturated heterocycles. The summed E-state index contributed by atoms with van der Waals surface area (Å²) in [5.41, 5.74) is -2.88. The smallest absolute Gasteiger partial charge is 0.338 e. The first kappa shape index (κ1) is 19.7. The Morgan fingerprint density at radius 2 is 1.43 bits per heavy atom. The van der Waals surface area contributed by atoms with Crippen molar-refractivity contribution in [3.63, 3.8) is 0 Å². The lowest BCUT2D eigenvalue weighted by Crippen LogP contribution is -2.46. The van der Waals surface area contributed by atoms with Crippen LogP contribution in [0.25, 0.3) is 0 Å². The molecule has 0 saturated carbocycles. The van der Waals surface area contributed by atoms with Crippen molar-refractivity contribution < 1.29 is 37.8 Å². The number of hydrogen-bond donors (Lipinski definition) is 0. The molecule has 152 valence electrons. The summed E-state index contributed by atoms with van der Waals surface area (Å²) < 4.78 is 28.9. The summed E-state index contributed by atoms with van der Waals surface area (Å²) in [7, 11) is 2.14. The van der Waals surface area contributed by atoms with Gasteiger partial charge in [-0.1, -0.05) is 36.4 Å². The number of hydrogen-bond acceptors (Lipinski definition) is 7. The number of fused-ring (bicyclic) bond motifs is 1. The Morgan fingerprint density at radius 1 is 0.900 bits per heavy atom. The Labute approximate surface area is 170 Å². The first-order valence-electron chi connectivity index (χ1n) is 8.90. The number of carbonyl (C=O) groups excluding carboxylic acids is 4. The van der Waals surface area contributed by atoms with Gasteiger partial charge in [-0.25, -0.2) is 14.0 Å². The van der Waals surface area contributed by atoms with Crippen LogP contribution in [-0.2, 0) is 23.8 Å². The first-order valence-corrected chi connectivity index (χ1v) is 8.90. The number of esters is 2. The Bertz CT molecular complexity index is 1100. The van der Waals surface area contributed by atoms with Gasteiger partial charge in [0.15, 0.2) is 0 Å². The number of carbonyl (C=O) groups is 4. The van der Waals surface area contributed by atoms with Gasteiger partial charge in [-0.3, -0.25) is 9.59 Å². The lowest BCUT2D eigenvalue weighted by atomic mass is 9.86. The molecule has 2 aromatic rings. The van der Waals surface area contributed by atoms with E-state index in [2.05, 4.69) is 0 Å². The van der Waals surface area contributed by atoms with Crippen molar-refractivity contribution in [1.82, 2.24) is 0 Å². The average molecular weight is 410 g/mol. The number of ketones is 2. The predicted octanol–water partition coefficient (Wildman–Crippen LogP) is 2.36. The number of methoxy groups -OCH3 is 2. The van der Waals surface area contributed by atoms with Crippen LogP contribution in [0.5, 0.6) is 0 Å². The van der Waals surface area contributed by atoms with Crippen LogP contribution in [0.3, 0.4) is 0 Å². The lowest BCUT2D eigenvalue weighted by Gasteiger charge is -2.23. The summed E-state index contributed by atoms with van der Waals surface area (Å²) >= 11 is 0. The van der Waals surface area contributed by atoms with Crippen molar-refractivity contribution in [3.05, 3.63) is 82.2 Å². The van der Waals surface area contributed by atoms with Gasteiger partial charge < -0.3 is 14.2 Å². The van der Waals surface area contributed by atoms with Crippen LogP contribution >= 0.6 is 0 Å². The van der Waals surface area contributed by atoms with Crippen LogP contribution in [0.1, 0.15) is 32.4 Å². The van der Waals surface area contributed by atoms with Crippen molar-refractivity contribution >= 4 is 23.5 Å². The Morgan fingerprint density at radius 3 is 1.93 bits per heavy atom. The van der Waals surface area contributed by atoms with Crippen LogP contribution in [0, 0.1) is 5.82 Å². The van der Waals surface area contributed by atoms with Gasteiger partial charge in [0.05, 0.1) is 25.4 Å². The van der Waals surface area contributed by atoms with E-state index in [4.69, 9.17) is 14.2 Å². The molecular formula is C22H15FO7. The second-order valence-corrected chi connectivity index (χ2v) is 6.71. The quantitative estimate of drug-likeness (QED) is 0.566. The van der Waals surface area contributed by atoms with E-state index >= 15 is 0 Å². The van der Waals surface area contributed by atoms with Crippen molar-refractivity contribution in [3.8, 4) is 0 Å². The number of rotatable bonds is 3. The zero-order valence-corrected chi connectivity index (χ0v) is 15.9. The van der Waals surface area contributed by atoms with Gasteiger partial charge in [0.1, 0.15) is 11.9 Å². The molecule has 8 heteroatoms. The lowest BCUT2D eigenvalue weighted by molar-refractivity contribution is -0.139. The molecule has 1 aliphatic carbocycles. The van der Waals surface area contributed by atoms with E-state index in [1.165, 1.54) is 24.3 Å². The molecule has 4 rings (SSSR count). The molecule has 0 N–H and O–H groups in total. The predicted molar refractivity (Wildman–Crippen MR) is 99.1 cm³/mol. The van der Waals surface area contributed by atoms with E-state index in [-0.39, 0.29) is 22.3 Å². The highest BCUT2D eigenvalue weighted by molar-refractivity contribution is 6.37. The number of benzene rings is 2. The van der Waals surface area contributed by atoms with Crippen LogP contribution in [0.4, 0.5) is 4.39 Å². The van der Waals surface area contributed by atoms with E-state index in [1.807, 2.05) is 0 Å². The van der Waals surface area contributed by atoms with E-state index in [9.17, 15) is 23.6 Å². The Hall–Kier alpha value is -3.65. The largest absolute Gasteiger partial charge is 0.466 e. The van der Waals surface area contributed by atoms with Crippen molar-refractivity contribution in [2.75, 3.05) is 14.2 Å². The third kappa shape index (κ3) is 2.54. The standard InChI is InChI=1S/C22H15FO7/c1-28-20(26)15-16(21(27)29-2)22(30-17(15)11-7-9-12(23)10-8-11)18(24)13-5-3-4-6-14(13)19(22)25/h3-10,17H,1-2H3/t17-/m0/s1. The molecule has 0 aromatic heterocycles. The summed E-state index contributed by atoms with van der Waals surface area (Å²) in [4.78, 5) is 52.1. The second-order valence-electron chi connectivity index (χ2n) is 6.71. The molecule has 1 spiro atoms. The molecule has 1 atom stereocenters. The van der Waals surface area contributed by atoms with Gasteiger partial charge in [-0.15, -0.1) is 0 Å². The summed E-state index contributed by atoms with van der Waals surface area (Å²) in [5, 5.41) is 0. The van der Waals surface area contributed by atoms with Crippen molar-refractivity contribution in [2.45, 2.75) is 11.7 Å². The molecule has 0 unspecified atom stereocenters. The van der Waals surface area contributed by atoms with E-state index in [0.717, 1.165) is 26.4 Å². The molecule has 0 fully saturated rings. The summed E-state index contributed by atoms with van der Waals surface area (Å²) in [6, 6.07) is 10.9. The minimum Gasteiger partial charge on any atom is -0.466 e. The number of ether oxygens (including phenoxy) is 3. The molecule has 7 nitrogen and oxygen atoms in total. The van der Waals surface area contributed by atoms with Gasteiger partial charge in [0.25, 0.3) is 0 Å². The maximum absolute atomic E-state index is 13.4. The van der Waals surface area contributed by atoms with Crippen LogP contribution in [0.15, 0.2) is 59.7 Å². The van der Waals surface area contributed by atoms with Gasteiger partial charge in [-0.05, 0) is 17.7 Å². The molecule has 1 heterocycles. The van der Waals surface area contributed by atoms with Crippen molar-refractivity contribution in [1.29, 1.82) is 0 Å². The third-order valence-corrected chi connectivity index (χ3v) is 5.20. The Balaban J connectivity index is 2.01. The summed E-state index contributed by atoms with van der Waals surface area (Å²) in [5.74, 6) is -4.15. The molecule has 1 aliphatic heterocycles. The highest BCUT2D eigenvalue weighted by Crippen LogP contribution is 2.51. The highest BCUT2D eigenvalue weighted by Gasteiger charge is 2.66. The highest BCUT2D eigenvalue weighted by atomic mass is 19.1. The minimum absolute atomic E-state index is 0.0628. The Kier molecular flexibility index (Phi) is 4.58. The SMILES string of the molecule is COC(=O)C1=C(C(=O)OC)C2(O[C@H]1c1ccc(F)cc1)C(=O)c1ccccc1C2=O. The fraction of sp³-hybridized carbons (Fsp3) is 0.182. The number of Topliss-reactive ketones (excluding diaryl/α,β-unsaturated/α-hetero) is 2. The second kappa shape index (κ2) is 7.00. The zero-order chi connectivity index (χ0) is 21.6. The van der Waals surface area contributed by atoms with E-state index < -0.39 is 46.6 Å². The maximum Gasteiger partial charge on any atom is 0.338 e. The van der Waals surface area contributed by atoms with Crippen LogP contribution in [0.2, 0.25) is 0 Å². The first-order chi connectivity index (χ1) is 14.4. The zero-order valence-electron chi connectivity index (χ0n) is 15.9. The molecular weight excluding hydrogens is 395 g/mol. The van der Waals surface area contributed by atoms with E-state index in [1.54, 1.807) is 12.1 Å². The normalized spacial score (nSPS) is 19.2. The molecule has 0 amide bonds. The molecule has 30 heavy (non-hydrogen) atoms. The maximum atomic E-state index is 13.4. The monoisotopic (exact) mass is 410 g/mol.